The van der Waals surface area contributed by atoms with Crippen LogP contribution in [0, 0.1) is 5.82 Å². The standard InChI is InChI=1S/C15H22FNO2/c1-3-9-17(11-15(18)19)12(2)7-8-13-5-4-6-14(16)10-13/h4-6,10,12H,3,7-9,11H2,1-2H3,(H,18,19). The molecule has 4 heteroatoms. The topological polar surface area (TPSA) is 40.5 Å². The number of hydrogen-bond acceptors (Lipinski definition) is 2. The number of hydrogen-bond donors (Lipinski definition) is 1. The molecule has 1 N–H and O–H groups in total. The smallest absolute Gasteiger partial charge is 0.317 e. The maximum absolute atomic E-state index is 13.1. The van der Waals surface area contributed by atoms with E-state index in [2.05, 4.69) is 0 Å². The van der Waals surface area contributed by atoms with Crippen molar-refractivity contribution in [2.75, 3.05) is 13.1 Å². The molecule has 1 atom stereocenters. The predicted molar refractivity (Wildman–Crippen MR) is 73.7 cm³/mol. The van der Waals surface area contributed by atoms with Crippen LogP contribution in [0.5, 0.6) is 0 Å². The minimum atomic E-state index is -0.800. The maximum Gasteiger partial charge on any atom is 0.317 e. The summed E-state index contributed by atoms with van der Waals surface area (Å²) in [5, 5.41) is 8.89. The fourth-order valence-electron chi connectivity index (χ4n) is 2.17. The Hall–Kier alpha value is -1.42. The van der Waals surface area contributed by atoms with E-state index in [4.69, 9.17) is 5.11 Å². The van der Waals surface area contributed by atoms with E-state index in [1.54, 1.807) is 6.07 Å². The van der Waals surface area contributed by atoms with Gasteiger partial charge in [-0.1, -0.05) is 19.1 Å². The summed E-state index contributed by atoms with van der Waals surface area (Å²) in [6.07, 6.45) is 2.52. The van der Waals surface area contributed by atoms with Crippen LogP contribution in [-0.2, 0) is 11.2 Å². The maximum atomic E-state index is 13.1. The van der Waals surface area contributed by atoms with Gasteiger partial charge in [-0.05, 0) is 50.4 Å². The van der Waals surface area contributed by atoms with E-state index in [1.807, 2.05) is 24.8 Å². The average molecular weight is 267 g/mol. The van der Waals surface area contributed by atoms with Gasteiger partial charge in [0.15, 0.2) is 0 Å². The monoisotopic (exact) mass is 267 g/mol. The molecule has 1 unspecified atom stereocenters. The molecule has 0 aliphatic rings. The molecule has 0 aromatic heterocycles. The number of carbonyl (C=O) groups is 1. The molecule has 0 spiro atoms. The van der Waals surface area contributed by atoms with Gasteiger partial charge in [-0.15, -0.1) is 0 Å². The molecule has 0 saturated carbocycles. The van der Waals surface area contributed by atoms with E-state index in [1.165, 1.54) is 12.1 Å². The molecule has 0 heterocycles. The van der Waals surface area contributed by atoms with Crippen LogP contribution in [0.1, 0.15) is 32.3 Å². The largest absolute Gasteiger partial charge is 0.480 e. The summed E-state index contributed by atoms with van der Waals surface area (Å²) in [4.78, 5) is 12.8. The number of halogens is 1. The van der Waals surface area contributed by atoms with E-state index < -0.39 is 5.97 Å². The molecule has 1 aromatic rings. The average Bonchev–Trinajstić information content (AvgIpc) is 2.35. The Kier molecular flexibility index (Phi) is 6.50. The van der Waals surface area contributed by atoms with E-state index in [9.17, 15) is 9.18 Å². The molecule has 3 nitrogen and oxygen atoms in total. The van der Waals surface area contributed by atoms with E-state index in [0.717, 1.165) is 31.4 Å². The van der Waals surface area contributed by atoms with Crippen LogP contribution in [0.25, 0.3) is 0 Å². The number of rotatable bonds is 8. The van der Waals surface area contributed by atoms with Gasteiger partial charge in [0, 0.05) is 6.04 Å². The second-order valence-electron chi connectivity index (χ2n) is 4.88. The molecule has 19 heavy (non-hydrogen) atoms. The summed E-state index contributed by atoms with van der Waals surface area (Å²) in [6.45, 7) is 4.90. The quantitative estimate of drug-likeness (QED) is 0.787. The minimum absolute atomic E-state index is 0.0676. The van der Waals surface area contributed by atoms with Gasteiger partial charge in [-0.25, -0.2) is 4.39 Å². The van der Waals surface area contributed by atoms with E-state index >= 15 is 0 Å². The van der Waals surface area contributed by atoms with Crippen LogP contribution in [0.15, 0.2) is 24.3 Å². The first kappa shape index (κ1) is 15.6. The van der Waals surface area contributed by atoms with E-state index in [0.29, 0.717) is 0 Å². The molecule has 0 aliphatic heterocycles. The van der Waals surface area contributed by atoms with Gasteiger partial charge < -0.3 is 5.11 Å². The molecular formula is C15H22FNO2. The van der Waals surface area contributed by atoms with Gasteiger partial charge >= 0.3 is 5.97 Å². The predicted octanol–water partition coefficient (Wildman–Crippen LogP) is 2.94. The van der Waals surface area contributed by atoms with Crippen molar-refractivity contribution in [1.29, 1.82) is 0 Å². The molecule has 0 radical (unpaired) electrons. The van der Waals surface area contributed by atoms with Crippen LogP contribution in [-0.4, -0.2) is 35.1 Å². The molecular weight excluding hydrogens is 245 g/mol. The third-order valence-corrected chi connectivity index (χ3v) is 3.21. The highest BCUT2D eigenvalue weighted by atomic mass is 19.1. The lowest BCUT2D eigenvalue weighted by molar-refractivity contribution is -0.138. The number of carboxylic acid groups (broad SMARTS) is 1. The minimum Gasteiger partial charge on any atom is -0.480 e. The van der Waals surface area contributed by atoms with Gasteiger partial charge in [0.05, 0.1) is 6.54 Å². The van der Waals surface area contributed by atoms with Crippen molar-refractivity contribution in [3.63, 3.8) is 0 Å². The summed E-state index contributed by atoms with van der Waals surface area (Å²) in [5.41, 5.74) is 0.957. The van der Waals surface area contributed by atoms with Crippen molar-refractivity contribution in [2.24, 2.45) is 0 Å². The van der Waals surface area contributed by atoms with E-state index in [-0.39, 0.29) is 18.4 Å². The fourth-order valence-corrected chi connectivity index (χ4v) is 2.17. The van der Waals surface area contributed by atoms with Crippen molar-refractivity contribution in [3.8, 4) is 0 Å². The summed E-state index contributed by atoms with van der Waals surface area (Å²) >= 11 is 0. The zero-order valence-corrected chi connectivity index (χ0v) is 11.6. The van der Waals surface area contributed by atoms with Crippen molar-refractivity contribution in [2.45, 2.75) is 39.2 Å². The van der Waals surface area contributed by atoms with Crippen molar-refractivity contribution in [3.05, 3.63) is 35.6 Å². The van der Waals surface area contributed by atoms with Crippen molar-refractivity contribution >= 4 is 5.97 Å². The van der Waals surface area contributed by atoms with Gasteiger partial charge in [-0.2, -0.15) is 0 Å². The first-order valence-corrected chi connectivity index (χ1v) is 6.73. The molecule has 0 amide bonds. The normalized spacial score (nSPS) is 12.6. The number of benzene rings is 1. The van der Waals surface area contributed by atoms with Crippen LogP contribution in [0.3, 0.4) is 0 Å². The highest BCUT2D eigenvalue weighted by Gasteiger charge is 2.15. The molecule has 1 rings (SSSR count). The first-order chi connectivity index (χ1) is 9.02. The number of carboxylic acids is 1. The molecule has 0 aliphatic carbocycles. The Morgan fingerprint density at radius 2 is 2.21 bits per heavy atom. The van der Waals surface area contributed by atoms with Crippen LogP contribution in [0.2, 0.25) is 0 Å². The fraction of sp³-hybridized carbons (Fsp3) is 0.533. The van der Waals surface area contributed by atoms with Crippen LogP contribution in [0.4, 0.5) is 4.39 Å². The second kappa shape index (κ2) is 7.89. The Morgan fingerprint density at radius 3 is 2.79 bits per heavy atom. The number of aryl methyl sites for hydroxylation is 1. The van der Waals surface area contributed by atoms with Crippen molar-refractivity contribution < 1.29 is 14.3 Å². The Morgan fingerprint density at radius 1 is 1.47 bits per heavy atom. The lowest BCUT2D eigenvalue weighted by Gasteiger charge is -2.27. The Bertz CT molecular complexity index is 409. The zero-order valence-electron chi connectivity index (χ0n) is 11.6. The Labute approximate surface area is 114 Å². The zero-order chi connectivity index (χ0) is 14.3. The van der Waals surface area contributed by atoms with Gasteiger partial charge in [-0.3, -0.25) is 9.69 Å². The van der Waals surface area contributed by atoms with Crippen LogP contribution < -0.4 is 0 Å². The molecule has 0 fully saturated rings. The second-order valence-corrected chi connectivity index (χ2v) is 4.88. The first-order valence-electron chi connectivity index (χ1n) is 6.73. The summed E-state index contributed by atoms with van der Waals surface area (Å²) in [6, 6.07) is 6.75. The number of aliphatic carboxylic acids is 1. The van der Waals surface area contributed by atoms with Gasteiger partial charge in [0.25, 0.3) is 0 Å². The summed E-state index contributed by atoms with van der Waals surface area (Å²) in [7, 11) is 0. The van der Waals surface area contributed by atoms with Crippen molar-refractivity contribution in [1.82, 2.24) is 4.90 Å². The number of nitrogens with zero attached hydrogens (tertiary/aromatic N) is 1. The third kappa shape index (κ3) is 5.83. The lowest BCUT2D eigenvalue weighted by Crippen LogP contribution is -2.38. The van der Waals surface area contributed by atoms with Crippen LogP contribution >= 0.6 is 0 Å². The molecule has 106 valence electrons. The Balaban J connectivity index is 2.51. The molecule has 0 saturated heterocycles. The summed E-state index contributed by atoms with van der Waals surface area (Å²) < 4.78 is 13.1. The SMILES string of the molecule is CCCN(CC(=O)O)C(C)CCc1cccc(F)c1. The van der Waals surface area contributed by atoms with Gasteiger partial charge in [0.1, 0.15) is 5.82 Å². The highest BCUT2D eigenvalue weighted by Crippen LogP contribution is 2.11. The molecule has 0 bridgehead atoms. The lowest BCUT2D eigenvalue weighted by atomic mass is 10.0. The highest BCUT2D eigenvalue weighted by molar-refractivity contribution is 5.69. The summed E-state index contributed by atoms with van der Waals surface area (Å²) in [5.74, 6) is -1.02. The molecule has 1 aromatic carbocycles. The third-order valence-electron chi connectivity index (χ3n) is 3.21. The van der Waals surface area contributed by atoms with Gasteiger partial charge in [0.2, 0.25) is 0 Å².